The zero-order valence-electron chi connectivity index (χ0n) is 19.9. The molecule has 3 aromatic carbocycles. The Hall–Kier alpha value is -2.28. The lowest BCUT2D eigenvalue weighted by atomic mass is 9.95. The molecule has 3 rings (SSSR count). The van der Waals surface area contributed by atoms with Crippen molar-refractivity contribution in [2.24, 2.45) is 0 Å². The van der Waals surface area contributed by atoms with Crippen LogP contribution in [0.15, 0.2) is 84.9 Å². The second-order valence-corrected chi connectivity index (χ2v) is 8.86. The average Bonchev–Trinajstić information content (AvgIpc) is 2.79. The van der Waals surface area contributed by atoms with Gasteiger partial charge in [0, 0.05) is 18.6 Å². The maximum atomic E-state index is 10.4. The van der Waals surface area contributed by atoms with E-state index in [2.05, 4.69) is 79.6 Å². The average molecular weight is 508 g/mol. The lowest BCUT2D eigenvalue weighted by Crippen LogP contribution is -2.51. The van der Waals surface area contributed by atoms with Crippen LogP contribution in [0.1, 0.15) is 31.0 Å². The molecule has 3 aromatic rings. The van der Waals surface area contributed by atoms with Gasteiger partial charge >= 0.3 is 0 Å². The smallest absolute Gasteiger partial charge is 0.119 e. The lowest BCUT2D eigenvalue weighted by Gasteiger charge is -2.37. The molecule has 0 aliphatic rings. The van der Waals surface area contributed by atoms with Gasteiger partial charge < -0.3 is 20.3 Å². The van der Waals surface area contributed by atoms with Gasteiger partial charge in [0.05, 0.1) is 6.04 Å². The van der Waals surface area contributed by atoms with Crippen LogP contribution >= 0.6 is 24.8 Å². The van der Waals surface area contributed by atoms with Crippen LogP contribution in [0.3, 0.4) is 0 Å². The Morgan fingerprint density at radius 2 is 1.35 bits per heavy atom. The summed E-state index contributed by atoms with van der Waals surface area (Å²) in [6, 6.07) is 27.7. The summed E-state index contributed by atoms with van der Waals surface area (Å²) < 4.78 is 5.61. The summed E-state index contributed by atoms with van der Waals surface area (Å²) in [5.41, 5.74) is 2.27. The van der Waals surface area contributed by atoms with Gasteiger partial charge in [-0.2, -0.15) is 0 Å². The van der Waals surface area contributed by atoms with Gasteiger partial charge in [-0.25, -0.2) is 0 Å². The van der Waals surface area contributed by atoms with Crippen LogP contribution in [0.4, 0.5) is 0 Å². The number of nitrogens with one attached hydrogen (secondary N) is 1. The molecule has 186 valence electrons. The van der Waals surface area contributed by atoms with Crippen LogP contribution in [0.25, 0.3) is 0 Å². The van der Waals surface area contributed by atoms with Crippen LogP contribution < -0.4 is 10.1 Å². The van der Waals surface area contributed by atoms with Gasteiger partial charge in [-0.15, -0.1) is 24.8 Å². The van der Waals surface area contributed by atoms with E-state index in [0.29, 0.717) is 12.3 Å². The number of hydrogen-bond acceptors (Lipinski definition) is 5. The standard InChI is InChI=1S/C27H34N2O3.2ClH/c1-27(2,28-18-24(31)19-32-25-16-14-23(30)15-17-25)20-29(3)26(21-10-6-4-7-11-21)22-12-8-5-9-13-22;;/h4-17,24,26,28,30-31H,18-20H2,1-3H3;2*1H. The van der Waals surface area contributed by atoms with Crippen molar-refractivity contribution in [2.45, 2.75) is 31.5 Å². The van der Waals surface area contributed by atoms with Crippen molar-refractivity contribution < 1.29 is 14.9 Å². The first-order valence-electron chi connectivity index (χ1n) is 11.0. The Morgan fingerprint density at radius 1 is 0.853 bits per heavy atom. The monoisotopic (exact) mass is 506 g/mol. The second-order valence-electron chi connectivity index (χ2n) is 8.86. The van der Waals surface area contributed by atoms with Gasteiger partial charge in [0.15, 0.2) is 0 Å². The molecule has 7 heteroatoms. The highest BCUT2D eigenvalue weighted by molar-refractivity contribution is 5.85. The highest BCUT2D eigenvalue weighted by Gasteiger charge is 2.26. The maximum Gasteiger partial charge on any atom is 0.119 e. The number of benzene rings is 3. The van der Waals surface area contributed by atoms with Gasteiger partial charge in [-0.3, -0.25) is 4.90 Å². The van der Waals surface area contributed by atoms with E-state index in [0.717, 1.165) is 6.54 Å². The number of β-amino-alcohol motifs (C(OH)–C–C–N with tert-alkyl or cyclic N) is 1. The molecule has 0 amide bonds. The molecule has 0 spiro atoms. The Labute approximate surface area is 215 Å². The number of phenols is 1. The van der Waals surface area contributed by atoms with E-state index in [1.165, 1.54) is 11.1 Å². The lowest BCUT2D eigenvalue weighted by molar-refractivity contribution is 0.0935. The van der Waals surface area contributed by atoms with Gasteiger partial charge in [0.2, 0.25) is 0 Å². The third kappa shape index (κ3) is 9.16. The summed E-state index contributed by atoms with van der Waals surface area (Å²) >= 11 is 0. The van der Waals surface area contributed by atoms with Crippen molar-refractivity contribution >= 4 is 24.8 Å². The SMILES string of the molecule is CN(CC(C)(C)NCC(O)COc1ccc(O)cc1)C(c1ccccc1)c1ccccc1.Cl.Cl. The van der Waals surface area contributed by atoms with Crippen LogP contribution in [-0.4, -0.2) is 53.5 Å². The highest BCUT2D eigenvalue weighted by Crippen LogP contribution is 2.28. The molecule has 0 aromatic heterocycles. The number of aliphatic hydroxyl groups excluding tert-OH is 1. The Kier molecular flexibility index (Phi) is 12.4. The zero-order chi connectivity index (χ0) is 23.0. The van der Waals surface area contributed by atoms with Crippen molar-refractivity contribution in [3.63, 3.8) is 0 Å². The Balaban J connectivity index is 0.00000289. The van der Waals surface area contributed by atoms with Gasteiger partial charge in [-0.1, -0.05) is 60.7 Å². The van der Waals surface area contributed by atoms with Crippen molar-refractivity contribution in [3.8, 4) is 11.5 Å². The molecule has 0 bridgehead atoms. The molecule has 5 nitrogen and oxygen atoms in total. The highest BCUT2D eigenvalue weighted by atomic mass is 35.5. The van der Waals surface area contributed by atoms with E-state index in [4.69, 9.17) is 4.74 Å². The number of ether oxygens (including phenoxy) is 1. The maximum absolute atomic E-state index is 10.4. The Morgan fingerprint density at radius 3 is 1.85 bits per heavy atom. The van der Waals surface area contributed by atoms with E-state index in [9.17, 15) is 10.2 Å². The number of nitrogens with zero attached hydrogens (tertiary/aromatic N) is 1. The van der Waals surface area contributed by atoms with Gasteiger partial charge in [0.25, 0.3) is 0 Å². The van der Waals surface area contributed by atoms with Gasteiger partial charge in [0.1, 0.15) is 24.2 Å². The second kappa shape index (κ2) is 14.2. The fourth-order valence-electron chi connectivity index (χ4n) is 3.93. The van der Waals surface area contributed by atoms with Crippen molar-refractivity contribution in [1.29, 1.82) is 0 Å². The molecule has 3 N–H and O–H groups in total. The van der Waals surface area contributed by atoms with E-state index < -0.39 is 6.10 Å². The van der Waals surface area contributed by atoms with Crippen molar-refractivity contribution in [1.82, 2.24) is 10.2 Å². The zero-order valence-corrected chi connectivity index (χ0v) is 21.6. The van der Waals surface area contributed by atoms with E-state index in [-0.39, 0.29) is 48.8 Å². The summed E-state index contributed by atoms with van der Waals surface area (Å²) in [6.45, 7) is 5.67. The van der Waals surface area contributed by atoms with Gasteiger partial charge in [-0.05, 0) is 56.3 Å². The molecule has 0 radical (unpaired) electrons. The molecular formula is C27H36Cl2N2O3. The minimum absolute atomic E-state index is 0. The summed E-state index contributed by atoms with van der Waals surface area (Å²) in [7, 11) is 2.14. The first-order chi connectivity index (χ1) is 15.3. The number of aromatic hydroxyl groups is 1. The number of phenolic OH excluding ortho intramolecular Hbond substituents is 1. The summed E-state index contributed by atoms with van der Waals surface area (Å²) in [5.74, 6) is 0.809. The van der Waals surface area contributed by atoms with Crippen molar-refractivity contribution in [3.05, 3.63) is 96.1 Å². The summed E-state index contributed by atoms with van der Waals surface area (Å²) in [6.07, 6.45) is -0.646. The van der Waals surface area contributed by atoms with Crippen LogP contribution in [0.2, 0.25) is 0 Å². The quantitative estimate of drug-likeness (QED) is 0.339. The molecule has 0 fully saturated rings. The number of likely N-dealkylation sites (N-methyl/N-ethyl adjacent to an activating group) is 1. The molecule has 0 aliphatic carbocycles. The predicted octanol–water partition coefficient (Wildman–Crippen LogP) is 5.07. The molecule has 1 atom stereocenters. The van der Waals surface area contributed by atoms with Crippen LogP contribution in [0, 0.1) is 0 Å². The van der Waals surface area contributed by atoms with Crippen LogP contribution in [-0.2, 0) is 0 Å². The minimum Gasteiger partial charge on any atom is -0.508 e. The molecular weight excluding hydrogens is 471 g/mol. The number of halogens is 2. The van der Waals surface area contributed by atoms with E-state index in [1.807, 2.05) is 12.1 Å². The van der Waals surface area contributed by atoms with E-state index in [1.54, 1.807) is 24.3 Å². The molecule has 0 heterocycles. The summed E-state index contributed by atoms with van der Waals surface area (Å²) in [5, 5.41) is 23.2. The number of hydrogen-bond donors (Lipinski definition) is 3. The molecule has 0 saturated heterocycles. The topological polar surface area (TPSA) is 65.0 Å². The fourth-order valence-corrected chi connectivity index (χ4v) is 3.93. The third-order valence-corrected chi connectivity index (χ3v) is 5.41. The molecule has 0 saturated carbocycles. The molecule has 34 heavy (non-hydrogen) atoms. The largest absolute Gasteiger partial charge is 0.508 e. The predicted molar refractivity (Wildman–Crippen MR) is 144 cm³/mol. The van der Waals surface area contributed by atoms with Crippen molar-refractivity contribution in [2.75, 3.05) is 26.7 Å². The molecule has 1 unspecified atom stereocenters. The minimum atomic E-state index is -0.646. The number of aliphatic hydroxyl groups is 1. The third-order valence-electron chi connectivity index (χ3n) is 5.41. The number of rotatable bonds is 11. The first kappa shape index (κ1) is 29.8. The summed E-state index contributed by atoms with van der Waals surface area (Å²) in [4.78, 5) is 2.34. The fraction of sp³-hybridized carbons (Fsp3) is 0.333. The first-order valence-corrected chi connectivity index (χ1v) is 11.0. The van der Waals surface area contributed by atoms with E-state index >= 15 is 0 Å². The Bertz CT molecular complexity index is 902. The van der Waals surface area contributed by atoms with Crippen LogP contribution in [0.5, 0.6) is 11.5 Å². The molecule has 0 aliphatic heterocycles. The normalized spacial score (nSPS) is 12.1.